The molecule has 2 atom stereocenters. The first-order valence-corrected chi connectivity index (χ1v) is 11.3. The van der Waals surface area contributed by atoms with Crippen molar-refractivity contribution in [2.24, 2.45) is 0 Å². The van der Waals surface area contributed by atoms with Gasteiger partial charge >= 0.3 is 11.9 Å². The van der Waals surface area contributed by atoms with E-state index in [0.29, 0.717) is 5.02 Å². The predicted molar refractivity (Wildman–Crippen MR) is 128 cm³/mol. The Morgan fingerprint density at radius 3 is 2.47 bits per heavy atom. The SMILES string of the molecule is COc1cc(C(=O)NC(Cc2ccc(-c3cccc(Cl)c3)cc2)CC(O)C(=O)OCOC(C)=O)on1. The number of nitrogens with one attached hydrogen (secondary N) is 1. The van der Waals surface area contributed by atoms with Gasteiger partial charge in [0.05, 0.1) is 13.2 Å². The van der Waals surface area contributed by atoms with Crippen LogP contribution in [0.15, 0.2) is 59.1 Å². The number of ether oxygens (including phenoxy) is 3. The molecule has 10 nitrogen and oxygen atoms in total. The highest BCUT2D eigenvalue weighted by atomic mass is 35.5. The molecule has 0 aliphatic carbocycles. The topological polar surface area (TPSA) is 137 Å². The first-order valence-electron chi connectivity index (χ1n) is 10.9. The van der Waals surface area contributed by atoms with Crippen molar-refractivity contribution in [3.8, 4) is 17.0 Å². The molecule has 36 heavy (non-hydrogen) atoms. The number of amides is 1. The molecule has 0 aliphatic heterocycles. The zero-order valence-electron chi connectivity index (χ0n) is 19.6. The fourth-order valence-electron chi connectivity index (χ4n) is 3.33. The molecule has 1 aromatic heterocycles. The third-order valence-electron chi connectivity index (χ3n) is 5.09. The van der Waals surface area contributed by atoms with E-state index in [1.54, 1.807) is 6.07 Å². The number of esters is 2. The third-order valence-corrected chi connectivity index (χ3v) is 5.33. The van der Waals surface area contributed by atoms with E-state index in [1.165, 1.54) is 13.2 Å². The van der Waals surface area contributed by atoms with Gasteiger partial charge in [0, 0.05) is 24.4 Å². The number of carbonyl (C=O) groups excluding carboxylic acids is 3. The van der Waals surface area contributed by atoms with Crippen molar-refractivity contribution in [3.63, 3.8) is 0 Å². The average Bonchev–Trinajstić information content (AvgIpc) is 3.34. The van der Waals surface area contributed by atoms with E-state index in [-0.39, 0.29) is 24.5 Å². The van der Waals surface area contributed by atoms with E-state index in [9.17, 15) is 19.5 Å². The Labute approximate surface area is 212 Å². The lowest BCUT2D eigenvalue weighted by molar-refractivity contribution is -0.172. The molecule has 0 aliphatic rings. The molecule has 190 valence electrons. The third kappa shape index (κ3) is 7.82. The van der Waals surface area contributed by atoms with E-state index in [1.807, 2.05) is 42.5 Å². The number of aromatic nitrogens is 1. The zero-order chi connectivity index (χ0) is 26.1. The summed E-state index contributed by atoms with van der Waals surface area (Å²) in [5.41, 5.74) is 2.73. The molecule has 0 bridgehead atoms. The minimum Gasteiger partial charge on any atom is -0.479 e. The Kier molecular flexibility index (Phi) is 9.43. The maximum Gasteiger partial charge on any atom is 0.337 e. The summed E-state index contributed by atoms with van der Waals surface area (Å²) >= 11 is 6.08. The van der Waals surface area contributed by atoms with E-state index in [2.05, 4.69) is 15.2 Å². The van der Waals surface area contributed by atoms with Gasteiger partial charge in [0.15, 0.2) is 6.10 Å². The first kappa shape index (κ1) is 26.7. The number of nitrogens with zero attached hydrogens (tertiary/aromatic N) is 1. The lowest BCUT2D eigenvalue weighted by Gasteiger charge is -2.21. The summed E-state index contributed by atoms with van der Waals surface area (Å²) in [6.07, 6.45) is -1.48. The predicted octanol–water partition coefficient (Wildman–Crippen LogP) is 3.16. The molecule has 0 spiro atoms. The Hall–Kier alpha value is -3.89. The zero-order valence-corrected chi connectivity index (χ0v) is 20.4. The summed E-state index contributed by atoms with van der Waals surface area (Å²) in [5, 5.41) is 17.3. The van der Waals surface area contributed by atoms with Crippen molar-refractivity contribution in [3.05, 3.63) is 70.9 Å². The van der Waals surface area contributed by atoms with Crippen molar-refractivity contribution in [2.75, 3.05) is 13.9 Å². The highest BCUT2D eigenvalue weighted by molar-refractivity contribution is 6.30. The summed E-state index contributed by atoms with van der Waals surface area (Å²) in [6.45, 7) is 0.539. The molecular formula is C25H25ClN2O8. The number of hydrogen-bond donors (Lipinski definition) is 2. The molecule has 0 radical (unpaired) electrons. The average molecular weight is 517 g/mol. The molecule has 2 N–H and O–H groups in total. The number of methoxy groups -OCH3 is 1. The van der Waals surface area contributed by atoms with Crippen molar-refractivity contribution in [2.45, 2.75) is 31.9 Å². The number of aliphatic hydroxyl groups excluding tert-OH is 1. The molecule has 2 unspecified atom stereocenters. The Morgan fingerprint density at radius 1 is 1.08 bits per heavy atom. The molecule has 2 aromatic carbocycles. The minimum atomic E-state index is -1.58. The van der Waals surface area contributed by atoms with Gasteiger partial charge in [-0.1, -0.05) is 48.0 Å². The second-order valence-corrected chi connectivity index (χ2v) is 8.22. The fraction of sp³-hybridized carbons (Fsp3) is 0.280. The number of hydrogen-bond acceptors (Lipinski definition) is 9. The molecule has 3 rings (SSSR count). The number of halogens is 1. The maximum absolute atomic E-state index is 12.7. The van der Waals surface area contributed by atoms with Crippen LogP contribution in [0.1, 0.15) is 29.5 Å². The molecule has 1 amide bonds. The summed E-state index contributed by atoms with van der Waals surface area (Å²) in [5.74, 6) is -2.20. The number of rotatable bonds is 11. The van der Waals surface area contributed by atoms with Gasteiger partial charge in [-0.2, -0.15) is 0 Å². The Morgan fingerprint density at radius 2 is 1.83 bits per heavy atom. The van der Waals surface area contributed by atoms with E-state index < -0.39 is 36.8 Å². The van der Waals surface area contributed by atoms with Crippen LogP contribution in [0.5, 0.6) is 5.88 Å². The standard InChI is InChI=1S/C25H25ClN2O8/c1-15(29)34-14-35-25(32)21(30)12-20(27-24(31)22-13-23(33-2)28-36-22)10-16-6-8-17(9-7-16)18-4-3-5-19(26)11-18/h3-9,11,13,20-21,30H,10,12,14H2,1-2H3,(H,27,31). The van der Waals surface area contributed by atoms with Gasteiger partial charge in [-0.05, 0) is 40.4 Å². The van der Waals surface area contributed by atoms with Crippen LogP contribution in [0, 0.1) is 0 Å². The summed E-state index contributed by atoms with van der Waals surface area (Å²) < 4.78 is 19.2. The summed E-state index contributed by atoms with van der Waals surface area (Å²) in [4.78, 5) is 35.6. The minimum absolute atomic E-state index is 0.0971. The summed E-state index contributed by atoms with van der Waals surface area (Å²) in [7, 11) is 1.38. The van der Waals surface area contributed by atoms with E-state index in [4.69, 9.17) is 25.6 Å². The molecular weight excluding hydrogens is 492 g/mol. The normalized spacial score (nSPS) is 12.3. The Bertz CT molecular complexity index is 1190. The highest BCUT2D eigenvalue weighted by Gasteiger charge is 2.25. The molecule has 3 aromatic rings. The van der Waals surface area contributed by atoms with Crippen LogP contribution in [0.4, 0.5) is 0 Å². The van der Waals surface area contributed by atoms with Crippen LogP contribution in [-0.4, -0.2) is 54.2 Å². The van der Waals surface area contributed by atoms with Crippen molar-refractivity contribution in [1.29, 1.82) is 0 Å². The van der Waals surface area contributed by atoms with Gasteiger partial charge in [0.2, 0.25) is 12.6 Å². The van der Waals surface area contributed by atoms with Crippen LogP contribution in [-0.2, 0) is 25.5 Å². The van der Waals surface area contributed by atoms with Gasteiger partial charge in [-0.25, -0.2) is 4.79 Å². The second-order valence-electron chi connectivity index (χ2n) is 7.78. The first-order chi connectivity index (χ1) is 17.2. The molecule has 1 heterocycles. The van der Waals surface area contributed by atoms with Crippen LogP contribution in [0.2, 0.25) is 5.02 Å². The smallest absolute Gasteiger partial charge is 0.337 e. The molecule has 0 fully saturated rings. The largest absolute Gasteiger partial charge is 0.479 e. The lowest BCUT2D eigenvalue weighted by atomic mass is 9.97. The number of aliphatic hydroxyl groups is 1. The summed E-state index contributed by atoms with van der Waals surface area (Å²) in [6, 6.07) is 15.6. The molecule has 0 saturated carbocycles. The van der Waals surface area contributed by atoms with E-state index in [0.717, 1.165) is 23.6 Å². The van der Waals surface area contributed by atoms with Crippen molar-refractivity contribution >= 4 is 29.4 Å². The number of carbonyl (C=O) groups is 3. The van der Waals surface area contributed by atoms with Gasteiger partial charge in [-0.3, -0.25) is 9.59 Å². The monoisotopic (exact) mass is 516 g/mol. The maximum atomic E-state index is 12.7. The Balaban J connectivity index is 1.72. The second kappa shape index (κ2) is 12.7. The molecule has 0 saturated heterocycles. The van der Waals surface area contributed by atoms with Gasteiger partial charge in [0.25, 0.3) is 11.8 Å². The van der Waals surface area contributed by atoms with Gasteiger partial charge in [-0.15, -0.1) is 0 Å². The van der Waals surface area contributed by atoms with Gasteiger partial charge in [0.1, 0.15) is 0 Å². The quantitative estimate of drug-likeness (QED) is 0.291. The van der Waals surface area contributed by atoms with Crippen LogP contribution < -0.4 is 10.1 Å². The highest BCUT2D eigenvalue weighted by Crippen LogP contribution is 2.23. The fourth-order valence-corrected chi connectivity index (χ4v) is 3.52. The van der Waals surface area contributed by atoms with Crippen LogP contribution in [0.3, 0.4) is 0 Å². The lowest BCUT2D eigenvalue weighted by Crippen LogP contribution is -2.41. The van der Waals surface area contributed by atoms with Crippen molar-refractivity contribution in [1.82, 2.24) is 10.5 Å². The molecule has 11 heteroatoms. The van der Waals surface area contributed by atoms with Crippen molar-refractivity contribution < 1.29 is 38.2 Å². The number of benzene rings is 2. The van der Waals surface area contributed by atoms with Crippen LogP contribution >= 0.6 is 11.6 Å². The van der Waals surface area contributed by atoms with Gasteiger partial charge < -0.3 is 29.2 Å². The van der Waals surface area contributed by atoms with Crippen LogP contribution in [0.25, 0.3) is 11.1 Å². The van der Waals surface area contributed by atoms with E-state index >= 15 is 0 Å².